The lowest BCUT2D eigenvalue weighted by Crippen LogP contribution is -2.54. The molecule has 3 amide bonds. The number of hydrogen-bond donors (Lipinski definition) is 3. The molecule has 3 aromatic rings. The summed E-state index contributed by atoms with van der Waals surface area (Å²) in [5, 5.41) is 15.2. The number of carbonyl (C=O) groups excluding carboxylic acids is 2. The molecule has 9 nitrogen and oxygen atoms in total. The summed E-state index contributed by atoms with van der Waals surface area (Å²) < 4.78 is 51.1. The number of aliphatic hydroxyl groups is 1. The Labute approximate surface area is 184 Å². The molecule has 12 heteroatoms. The van der Waals surface area contributed by atoms with Gasteiger partial charge in [-0.2, -0.15) is 13.2 Å². The Morgan fingerprint density at radius 2 is 2.09 bits per heavy atom. The molecule has 172 valence electrons. The molecule has 0 aliphatic carbocycles. The molecule has 3 N–H and O–H groups in total. The minimum absolute atomic E-state index is 0.124. The maximum atomic E-state index is 13.4. The number of urea groups is 1. The van der Waals surface area contributed by atoms with Gasteiger partial charge < -0.3 is 29.8 Å². The number of amides is 3. The number of methoxy groups -OCH3 is 1. The summed E-state index contributed by atoms with van der Waals surface area (Å²) >= 11 is 0. The molecule has 0 spiro atoms. The Hall–Kier alpha value is -3.80. The van der Waals surface area contributed by atoms with Gasteiger partial charge >= 0.3 is 12.2 Å². The summed E-state index contributed by atoms with van der Waals surface area (Å²) in [4.78, 5) is 29.9. The summed E-state index contributed by atoms with van der Waals surface area (Å²) in [6.45, 7) is -0.102. The number of aromatic nitrogens is 1. The van der Waals surface area contributed by atoms with Gasteiger partial charge in [0.15, 0.2) is 17.5 Å². The lowest BCUT2D eigenvalue weighted by atomic mass is 9.94. The Kier molecular flexibility index (Phi) is 4.53. The molecular weight excluding hydrogens is 445 g/mol. The first-order valence-corrected chi connectivity index (χ1v) is 9.81. The number of benzene rings is 1. The summed E-state index contributed by atoms with van der Waals surface area (Å²) in [7, 11) is 1.47. The fourth-order valence-electron chi connectivity index (χ4n) is 4.26. The predicted octanol–water partition coefficient (Wildman–Crippen LogP) is 2.34. The number of ether oxygens (including phenoxy) is 1. The largest absolute Gasteiger partial charge is 0.497 e. The Bertz CT molecular complexity index is 1290. The van der Waals surface area contributed by atoms with Gasteiger partial charge in [-0.1, -0.05) is 6.07 Å². The number of aliphatic hydroxyl groups excluding tert-OH is 1. The van der Waals surface area contributed by atoms with E-state index < -0.39 is 29.7 Å². The first-order chi connectivity index (χ1) is 15.6. The average molecular weight is 462 g/mol. The average Bonchev–Trinajstić information content (AvgIpc) is 3.41. The molecule has 1 saturated heterocycles. The van der Waals surface area contributed by atoms with E-state index in [2.05, 4.69) is 15.6 Å². The molecule has 0 bridgehead atoms. The third-order valence-electron chi connectivity index (χ3n) is 5.86. The number of furan rings is 1. The third-order valence-corrected chi connectivity index (χ3v) is 5.86. The second-order valence-corrected chi connectivity index (χ2v) is 7.84. The molecule has 2 aromatic heterocycles. The number of alkyl halides is 3. The number of carbonyl (C=O) groups is 2. The van der Waals surface area contributed by atoms with Gasteiger partial charge in [-0.25, -0.2) is 4.79 Å². The van der Waals surface area contributed by atoms with Crippen LogP contribution in [0.15, 0.2) is 40.9 Å². The molecule has 2 aliphatic rings. The highest BCUT2D eigenvalue weighted by Gasteiger charge is 2.53. The molecule has 2 unspecified atom stereocenters. The normalized spacial score (nSPS) is 22.5. The van der Waals surface area contributed by atoms with Crippen molar-refractivity contribution in [2.45, 2.75) is 24.5 Å². The molecule has 0 radical (unpaired) electrons. The lowest BCUT2D eigenvalue weighted by molar-refractivity contribution is -0.139. The first-order valence-electron chi connectivity index (χ1n) is 9.81. The van der Waals surface area contributed by atoms with E-state index in [1.807, 2.05) is 0 Å². The third kappa shape index (κ3) is 3.25. The zero-order chi connectivity index (χ0) is 23.5. The van der Waals surface area contributed by atoms with E-state index in [4.69, 9.17) is 9.15 Å². The maximum absolute atomic E-state index is 13.4. The van der Waals surface area contributed by atoms with Gasteiger partial charge in [0.25, 0.3) is 5.91 Å². The van der Waals surface area contributed by atoms with Crippen molar-refractivity contribution in [1.29, 1.82) is 0 Å². The molecule has 2 atom stereocenters. The highest BCUT2D eigenvalue weighted by atomic mass is 19.4. The van der Waals surface area contributed by atoms with E-state index in [1.165, 1.54) is 18.1 Å². The molecule has 2 aliphatic heterocycles. The van der Waals surface area contributed by atoms with Gasteiger partial charge in [0, 0.05) is 18.3 Å². The van der Waals surface area contributed by atoms with Crippen LogP contribution in [-0.2, 0) is 18.3 Å². The van der Waals surface area contributed by atoms with Crippen molar-refractivity contribution >= 4 is 22.9 Å². The van der Waals surface area contributed by atoms with E-state index in [0.717, 1.165) is 12.3 Å². The number of halogens is 3. The standard InChI is InChI=1S/C21H17F3N4O5/c1-32-11-3-2-10-8-28(17(29)12(10)6-11)9-20(18(30)26-19(31)27-20)15-7-13-14(33-15)4-5-25-16(13)21(22,23)24/h2-7,18,30H,8-9H2,1H3,(H2,26,27,31). The molecule has 4 heterocycles. The van der Waals surface area contributed by atoms with Gasteiger partial charge in [-0.15, -0.1) is 0 Å². The Morgan fingerprint density at radius 3 is 2.76 bits per heavy atom. The molecule has 1 aromatic carbocycles. The zero-order valence-electron chi connectivity index (χ0n) is 17.1. The summed E-state index contributed by atoms with van der Waals surface area (Å²) in [5.41, 5.74) is -1.92. The van der Waals surface area contributed by atoms with Gasteiger partial charge in [0.2, 0.25) is 0 Å². The van der Waals surface area contributed by atoms with Crippen LogP contribution in [0.1, 0.15) is 27.4 Å². The summed E-state index contributed by atoms with van der Waals surface area (Å²) in [6, 6.07) is 6.57. The first kappa shape index (κ1) is 21.1. The highest BCUT2D eigenvalue weighted by molar-refractivity contribution is 5.99. The van der Waals surface area contributed by atoms with E-state index in [9.17, 15) is 27.9 Å². The molecule has 1 fully saturated rings. The zero-order valence-corrected chi connectivity index (χ0v) is 17.1. The van der Waals surface area contributed by atoms with Gasteiger partial charge in [0.05, 0.1) is 19.0 Å². The summed E-state index contributed by atoms with van der Waals surface area (Å²) in [6.07, 6.45) is -5.37. The predicted molar refractivity (Wildman–Crippen MR) is 106 cm³/mol. The quantitative estimate of drug-likeness (QED) is 0.548. The molecule has 33 heavy (non-hydrogen) atoms. The number of pyridine rings is 1. The van der Waals surface area contributed by atoms with E-state index >= 15 is 0 Å². The Balaban J connectivity index is 1.57. The van der Waals surface area contributed by atoms with E-state index in [0.29, 0.717) is 16.9 Å². The minimum Gasteiger partial charge on any atom is -0.497 e. The number of nitrogens with one attached hydrogen (secondary N) is 2. The Morgan fingerprint density at radius 1 is 1.30 bits per heavy atom. The SMILES string of the molecule is COc1ccc2c(c1)C(=O)N(CC1(c3cc4c(C(F)(F)F)nccc4o3)NC(=O)NC1O)C2. The number of rotatable bonds is 4. The lowest BCUT2D eigenvalue weighted by Gasteiger charge is -2.33. The van der Waals surface area contributed by atoms with Crippen LogP contribution in [0.2, 0.25) is 0 Å². The number of hydrogen-bond acceptors (Lipinski definition) is 6. The van der Waals surface area contributed by atoms with Crippen molar-refractivity contribution < 1.29 is 37.0 Å². The van der Waals surface area contributed by atoms with Crippen LogP contribution in [0.4, 0.5) is 18.0 Å². The monoisotopic (exact) mass is 462 g/mol. The van der Waals surface area contributed by atoms with Gasteiger partial charge in [-0.3, -0.25) is 9.78 Å². The second kappa shape index (κ2) is 7.10. The van der Waals surface area contributed by atoms with Crippen molar-refractivity contribution in [2.24, 2.45) is 0 Å². The number of nitrogens with zero attached hydrogens (tertiary/aromatic N) is 2. The molecular formula is C21H17F3N4O5. The van der Waals surface area contributed by atoms with Crippen molar-refractivity contribution in [2.75, 3.05) is 13.7 Å². The van der Waals surface area contributed by atoms with Crippen LogP contribution in [0.3, 0.4) is 0 Å². The van der Waals surface area contributed by atoms with Crippen LogP contribution in [0, 0.1) is 0 Å². The molecule has 5 rings (SSSR count). The van der Waals surface area contributed by atoms with Crippen LogP contribution in [0.25, 0.3) is 11.0 Å². The van der Waals surface area contributed by atoms with Crippen LogP contribution < -0.4 is 15.4 Å². The fourth-order valence-corrected chi connectivity index (χ4v) is 4.26. The topological polar surface area (TPSA) is 117 Å². The number of fused-ring (bicyclic) bond motifs is 2. The van der Waals surface area contributed by atoms with Crippen molar-refractivity contribution in [3.05, 3.63) is 59.1 Å². The van der Waals surface area contributed by atoms with Gasteiger partial charge in [-0.05, 0) is 29.8 Å². The van der Waals surface area contributed by atoms with Crippen molar-refractivity contribution in [3.63, 3.8) is 0 Å². The van der Waals surface area contributed by atoms with Crippen molar-refractivity contribution in [3.8, 4) is 5.75 Å². The fraction of sp³-hybridized carbons (Fsp3) is 0.286. The summed E-state index contributed by atoms with van der Waals surface area (Å²) in [5.74, 6) is -0.0485. The van der Waals surface area contributed by atoms with Gasteiger partial charge in [0.1, 0.15) is 17.1 Å². The van der Waals surface area contributed by atoms with Crippen LogP contribution in [-0.4, -0.2) is 46.8 Å². The van der Waals surface area contributed by atoms with Crippen LogP contribution >= 0.6 is 0 Å². The van der Waals surface area contributed by atoms with Crippen LogP contribution in [0.5, 0.6) is 5.75 Å². The molecule has 0 saturated carbocycles. The van der Waals surface area contributed by atoms with Crippen molar-refractivity contribution in [1.82, 2.24) is 20.5 Å². The van der Waals surface area contributed by atoms with E-state index in [1.54, 1.807) is 18.2 Å². The highest BCUT2D eigenvalue weighted by Crippen LogP contribution is 2.39. The van der Waals surface area contributed by atoms with E-state index in [-0.39, 0.29) is 35.7 Å². The smallest absolute Gasteiger partial charge is 0.434 e. The second-order valence-electron chi connectivity index (χ2n) is 7.84. The minimum atomic E-state index is -4.74. The maximum Gasteiger partial charge on any atom is 0.434 e.